The fourth-order valence-electron chi connectivity index (χ4n) is 6.42. The summed E-state index contributed by atoms with van der Waals surface area (Å²) in [6.07, 6.45) is 5.87. The predicted octanol–water partition coefficient (Wildman–Crippen LogP) is 5.37. The van der Waals surface area contributed by atoms with E-state index in [2.05, 4.69) is 5.32 Å². The largest absolute Gasteiger partial charge is 0.490 e. The van der Waals surface area contributed by atoms with Crippen molar-refractivity contribution < 1.29 is 23.1 Å². The highest BCUT2D eigenvalue weighted by molar-refractivity contribution is 6.00. The van der Waals surface area contributed by atoms with E-state index in [0.29, 0.717) is 25.7 Å². The highest BCUT2D eigenvalue weighted by Gasteiger charge is 2.51. The number of nitrogens with one attached hydrogen (secondary N) is 1. The first kappa shape index (κ1) is 25.5. The summed E-state index contributed by atoms with van der Waals surface area (Å²) >= 11 is 0. The summed E-state index contributed by atoms with van der Waals surface area (Å²) in [7, 11) is 0. The number of aliphatic imine (C=N–C) groups is 1. The molecule has 3 N–H and O–H groups in total. The molecule has 39 heavy (non-hydrogen) atoms. The lowest BCUT2D eigenvalue weighted by Gasteiger charge is -2.39. The Balaban J connectivity index is 1.48. The Kier molecular flexibility index (Phi) is 6.00. The van der Waals surface area contributed by atoms with Crippen LogP contribution in [0.5, 0.6) is 5.75 Å². The molecule has 0 aromatic heterocycles. The topological polar surface area (TPSA) is 97.0 Å². The lowest BCUT2D eigenvalue weighted by Crippen LogP contribution is -2.52. The van der Waals surface area contributed by atoms with Crippen LogP contribution in [-0.4, -0.2) is 34.3 Å². The third-order valence-corrected chi connectivity index (χ3v) is 8.53. The maximum atomic E-state index is 15.2. The molecule has 7 rings (SSSR count). The number of hydrogen-bond donors (Lipinski definition) is 2. The van der Waals surface area contributed by atoms with Crippen LogP contribution in [0.3, 0.4) is 0 Å². The molecule has 9 heteroatoms. The molecule has 2 aromatic rings. The number of alkyl halides is 2. The second-order valence-electron chi connectivity index (χ2n) is 11.1. The van der Waals surface area contributed by atoms with E-state index in [1.54, 1.807) is 0 Å². The molecule has 2 aromatic carbocycles. The van der Waals surface area contributed by atoms with Crippen LogP contribution < -0.4 is 15.8 Å². The first-order valence-corrected chi connectivity index (χ1v) is 13.6. The first-order valence-electron chi connectivity index (χ1n) is 13.6. The summed E-state index contributed by atoms with van der Waals surface area (Å²) in [5, 5.41) is 3.09. The van der Waals surface area contributed by atoms with Crippen molar-refractivity contribution in [2.75, 3.05) is 0 Å². The minimum Gasteiger partial charge on any atom is -0.490 e. The molecule has 0 saturated carbocycles. The van der Waals surface area contributed by atoms with Gasteiger partial charge >= 0.3 is 0 Å². The molecule has 0 unspecified atom stereocenters. The quantitative estimate of drug-likeness (QED) is 0.514. The Bertz CT molecular complexity index is 1420. The molecular weight excluding hydrogens is 502 g/mol. The van der Waals surface area contributed by atoms with E-state index in [-0.39, 0.29) is 53.0 Å². The third kappa shape index (κ3) is 4.37. The van der Waals surface area contributed by atoms with Gasteiger partial charge in [-0.25, -0.2) is 13.8 Å². The maximum Gasteiger partial charge on any atom is 0.275 e. The normalized spacial score (nSPS) is 30.1. The van der Waals surface area contributed by atoms with Crippen molar-refractivity contribution in [3.05, 3.63) is 70.3 Å². The molecule has 0 saturated heterocycles. The van der Waals surface area contributed by atoms with Gasteiger partial charge in [0, 0.05) is 29.5 Å². The van der Waals surface area contributed by atoms with Gasteiger partial charge in [-0.1, -0.05) is 31.2 Å². The zero-order valence-electron chi connectivity index (χ0n) is 22.0. The van der Waals surface area contributed by atoms with Crippen LogP contribution in [0.4, 0.5) is 8.78 Å². The molecule has 0 radical (unpaired) electrons. The Morgan fingerprint density at radius 1 is 1.18 bits per heavy atom. The Labute approximate surface area is 226 Å². The predicted molar refractivity (Wildman–Crippen MR) is 143 cm³/mol. The molecule has 4 aliphatic heterocycles. The Morgan fingerprint density at radius 3 is 2.77 bits per heavy atom. The molecule has 5 aliphatic rings. The van der Waals surface area contributed by atoms with E-state index in [0.717, 1.165) is 16.9 Å². The molecule has 6 bridgehead atoms. The molecule has 4 atom stereocenters. The van der Waals surface area contributed by atoms with E-state index in [9.17, 15) is 9.59 Å². The number of ether oxygens (including phenoxy) is 1. The summed E-state index contributed by atoms with van der Waals surface area (Å²) in [5.74, 6) is -3.19. The second-order valence-corrected chi connectivity index (χ2v) is 11.1. The maximum absolute atomic E-state index is 15.2. The van der Waals surface area contributed by atoms with Crippen LogP contribution in [0.25, 0.3) is 6.08 Å². The van der Waals surface area contributed by atoms with Gasteiger partial charge in [-0.05, 0) is 61.6 Å². The van der Waals surface area contributed by atoms with Crippen LogP contribution in [0.15, 0.2) is 47.5 Å². The number of guanidine groups is 1. The van der Waals surface area contributed by atoms with Gasteiger partial charge in [-0.15, -0.1) is 0 Å². The van der Waals surface area contributed by atoms with E-state index in [1.165, 1.54) is 23.1 Å². The molecule has 2 amide bonds. The summed E-state index contributed by atoms with van der Waals surface area (Å²) in [5.41, 5.74) is 7.79. The van der Waals surface area contributed by atoms with Crippen LogP contribution in [0.1, 0.15) is 97.1 Å². The van der Waals surface area contributed by atoms with Crippen molar-refractivity contribution in [1.29, 1.82) is 0 Å². The zero-order valence-corrected chi connectivity index (χ0v) is 22.0. The van der Waals surface area contributed by atoms with E-state index in [1.807, 2.05) is 44.2 Å². The number of nitrogens with zero attached hydrogens (tertiary/aromatic N) is 2. The molecule has 7 nitrogen and oxygen atoms in total. The number of carbonyl (C=O) groups is 2. The first-order chi connectivity index (χ1) is 18.6. The highest BCUT2D eigenvalue weighted by Crippen LogP contribution is 2.51. The van der Waals surface area contributed by atoms with Crippen LogP contribution >= 0.6 is 0 Å². The van der Waals surface area contributed by atoms with Crippen molar-refractivity contribution in [2.45, 2.75) is 82.0 Å². The monoisotopic (exact) mass is 534 g/mol. The van der Waals surface area contributed by atoms with Crippen molar-refractivity contribution >= 4 is 23.8 Å². The van der Waals surface area contributed by atoms with Crippen molar-refractivity contribution in [3.8, 4) is 5.75 Å². The number of halogens is 2. The van der Waals surface area contributed by atoms with Gasteiger partial charge in [0.05, 0.1) is 30.1 Å². The number of benzene rings is 2. The summed E-state index contributed by atoms with van der Waals surface area (Å²) in [6, 6.07) is 8.79. The number of allylic oxidation sites excluding steroid dienone is 1. The molecule has 1 aliphatic carbocycles. The molecule has 204 valence electrons. The molecule has 0 fully saturated rings. The van der Waals surface area contributed by atoms with Crippen molar-refractivity contribution in [1.82, 2.24) is 10.2 Å². The number of carbonyl (C=O) groups excluding carboxylic acids is 2. The highest BCUT2D eigenvalue weighted by atomic mass is 19.3. The average molecular weight is 535 g/mol. The van der Waals surface area contributed by atoms with Crippen LogP contribution in [0.2, 0.25) is 0 Å². The van der Waals surface area contributed by atoms with E-state index >= 15 is 8.78 Å². The zero-order chi connectivity index (χ0) is 27.5. The summed E-state index contributed by atoms with van der Waals surface area (Å²) in [4.78, 5) is 32.9. The van der Waals surface area contributed by atoms with Gasteiger partial charge in [0.1, 0.15) is 5.75 Å². The smallest absolute Gasteiger partial charge is 0.275 e. The number of fused-ring (bicyclic) bond motifs is 4. The molecule has 0 spiro atoms. The number of nitrogens with two attached hydrogens (primary N) is 1. The lowest BCUT2D eigenvalue weighted by atomic mass is 9.85. The Morgan fingerprint density at radius 2 is 2.00 bits per heavy atom. The fraction of sp³-hybridized carbons (Fsp3) is 0.433. The van der Waals surface area contributed by atoms with Gasteiger partial charge in [0.15, 0.2) is 5.96 Å². The number of amides is 2. The summed E-state index contributed by atoms with van der Waals surface area (Å²) in [6.45, 7) is 3.91. The average Bonchev–Trinajstić information content (AvgIpc) is 3.15. The fourth-order valence-corrected chi connectivity index (χ4v) is 6.42. The standard InChI is InChI=1S/C30H32F2N4O3/c1-3-29-11-5-4-6-18-7-10-25-21(13-18)23(12-17(2)39-25)34-27(38)19-8-9-22-20(14-19)24(15-30(22,31)32)36(26(37)16-29)28(33)35-29/h4,6-10,13-14,17,23-24H,3,5,11-12,15-16H2,1-2H3,(H2,33,35)(H,34,38)/b6-4-/t17-,23+,24-,29-/m1/s1. The van der Waals surface area contributed by atoms with Crippen molar-refractivity contribution in [2.24, 2.45) is 10.7 Å². The summed E-state index contributed by atoms with van der Waals surface area (Å²) < 4.78 is 36.3. The van der Waals surface area contributed by atoms with Crippen LogP contribution in [-0.2, 0) is 10.7 Å². The number of hydrogen-bond acceptors (Lipinski definition) is 5. The minimum atomic E-state index is -3.16. The van der Waals surface area contributed by atoms with Crippen LogP contribution in [0, 0.1) is 0 Å². The minimum absolute atomic E-state index is 0.0434. The second kappa shape index (κ2) is 9.17. The molecule has 4 heterocycles. The van der Waals surface area contributed by atoms with E-state index < -0.39 is 23.9 Å². The molecular formula is C30H32F2N4O3. The van der Waals surface area contributed by atoms with Gasteiger partial charge in [-0.3, -0.25) is 14.5 Å². The van der Waals surface area contributed by atoms with Gasteiger partial charge in [0.2, 0.25) is 5.91 Å². The van der Waals surface area contributed by atoms with Gasteiger partial charge < -0.3 is 15.8 Å². The number of rotatable bonds is 1. The van der Waals surface area contributed by atoms with E-state index in [4.69, 9.17) is 15.5 Å². The third-order valence-electron chi connectivity index (χ3n) is 8.53. The Hall–Kier alpha value is -3.75. The van der Waals surface area contributed by atoms with Crippen molar-refractivity contribution in [3.63, 3.8) is 0 Å². The van der Waals surface area contributed by atoms with Gasteiger partial charge in [-0.2, -0.15) is 0 Å². The van der Waals surface area contributed by atoms with Gasteiger partial charge in [0.25, 0.3) is 11.8 Å². The lowest BCUT2D eigenvalue weighted by molar-refractivity contribution is -0.132. The SMILES string of the molecule is CC[C@@]12CC/C=C\c3ccc4c(c3)[C@H](C[C@@H](C)O4)NC(=O)c3ccc4c(c3)[C@@H](CC4(F)F)N(C(=O)C1)C(N)=N2.